The topological polar surface area (TPSA) is 71.3 Å². The van der Waals surface area contributed by atoms with Gasteiger partial charge in [-0.05, 0) is 61.4 Å². The molecule has 0 radical (unpaired) electrons. The average molecular weight is 472 g/mol. The van der Waals surface area contributed by atoms with Gasteiger partial charge in [-0.1, -0.05) is 47.1 Å². The van der Waals surface area contributed by atoms with Crippen LogP contribution in [0.5, 0.6) is 0 Å². The van der Waals surface area contributed by atoms with Crippen LogP contribution in [0, 0.1) is 18.6 Å². The van der Waals surface area contributed by atoms with Gasteiger partial charge in [0.1, 0.15) is 11.6 Å². The Labute approximate surface area is 200 Å². The van der Waals surface area contributed by atoms with E-state index in [1.807, 2.05) is 38.1 Å². The number of aromatic nitrogens is 2. The number of halogens is 2. The molecule has 0 spiro atoms. The number of carbonyl (C=O) groups is 1. The molecule has 1 aliphatic heterocycles. The van der Waals surface area contributed by atoms with Crippen LogP contribution < -0.4 is 5.32 Å². The summed E-state index contributed by atoms with van der Waals surface area (Å²) in [6.07, 6.45) is 0. The minimum absolute atomic E-state index is 0.237. The van der Waals surface area contributed by atoms with E-state index in [0.29, 0.717) is 22.7 Å². The molecule has 0 fully saturated rings. The summed E-state index contributed by atoms with van der Waals surface area (Å²) in [6, 6.07) is 18.8. The van der Waals surface area contributed by atoms with E-state index >= 15 is 0 Å². The second kappa shape index (κ2) is 9.13. The van der Waals surface area contributed by atoms with Gasteiger partial charge in [0.15, 0.2) is 0 Å². The third-order valence-electron chi connectivity index (χ3n) is 6.02. The van der Waals surface area contributed by atoms with E-state index in [9.17, 15) is 13.6 Å². The number of aryl methyl sites for hydroxylation is 1. The number of nitrogens with zero attached hydrogens (tertiary/aromatic N) is 3. The monoisotopic (exact) mass is 472 g/mol. The van der Waals surface area contributed by atoms with Gasteiger partial charge in [0, 0.05) is 11.3 Å². The molecule has 1 N–H and O–H groups in total. The van der Waals surface area contributed by atoms with Crippen LogP contribution in [0.4, 0.5) is 13.6 Å². The van der Waals surface area contributed by atoms with E-state index in [-0.39, 0.29) is 30.1 Å². The van der Waals surface area contributed by atoms with Crippen molar-refractivity contribution in [2.45, 2.75) is 26.4 Å². The number of amides is 2. The molecule has 2 amide bonds. The molecule has 1 unspecified atom stereocenters. The van der Waals surface area contributed by atoms with Crippen LogP contribution >= 0.6 is 0 Å². The van der Waals surface area contributed by atoms with Gasteiger partial charge in [-0.3, -0.25) is 4.90 Å². The summed E-state index contributed by atoms with van der Waals surface area (Å²) in [5.74, 6) is -0.147. The van der Waals surface area contributed by atoms with Gasteiger partial charge in [-0.25, -0.2) is 13.6 Å². The number of nitrogens with one attached hydrogen (secondary N) is 1. The Morgan fingerprint density at radius 2 is 1.54 bits per heavy atom. The molecule has 35 heavy (non-hydrogen) atoms. The first kappa shape index (κ1) is 22.5. The Balaban J connectivity index is 1.58. The van der Waals surface area contributed by atoms with Gasteiger partial charge in [-0.15, -0.1) is 0 Å². The lowest BCUT2D eigenvalue weighted by Gasteiger charge is -2.35. The molecular formula is C27H22F2N4O2. The molecule has 0 bridgehead atoms. The Kier molecular flexibility index (Phi) is 5.86. The predicted octanol–water partition coefficient (Wildman–Crippen LogP) is 6.02. The van der Waals surface area contributed by atoms with Crippen molar-refractivity contribution in [1.29, 1.82) is 0 Å². The smallest absolute Gasteiger partial charge is 0.322 e. The van der Waals surface area contributed by atoms with Crippen LogP contribution in [-0.2, 0) is 6.54 Å². The Bertz CT molecular complexity index is 1390. The third kappa shape index (κ3) is 4.55. The molecule has 0 saturated heterocycles. The van der Waals surface area contributed by atoms with E-state index in [2.05, 4.69) is 15.5 Å². The fraction of sp³-hybridized carbons (Fsp3) is 0.148. The van der Waals surface area contributed by atoms with Gasteiger partial charge in [-0.2, -0.15) is 4.98 Å². The van der Waals surface area contributed by atoms with Gasteiger partial charge in [0.25, 0.3) is 5.89 Å². The molecule has 0 saturated carbocycles. The molecule has 1 aromatic heterocycles. The number of benzene rings is 3. The van der Waals surface area contributed by atoms with Gasteiger partial charge >= 0.3 is 6.03 Å². The Morgan fingerprint density at radius 1 is 0.914 bits per heavy atom. The van der Waals surface area contributed by atoms with Gasteiger partial charge in [0.2, 0.25) is 5.82 Å². The summed E-state index contributed by atoms with van der Waals surface area (Å²) in [5, 5.41) is 7.14. The fourth-order valence-electron chi connectivity index (χ4n) is 4.08. The van der Waals surface area contributed by atoms with Crippen LogP contribution in [0.3, 0.4) is 0 Å². The summed E-state index contributed by atoms with van der Waals surface area (Å²) >= 11 is 0. The zero-order valence-corrected chi connectivity index (χ0v) is 19.1. The molecular weight excluding hydrogens is 450 g/mol. The van der Waals surface area contributed by atoms with Crippen molar-refractivity contribution >= 4 is 11.6 Å². The first-order valence-electron chi connectivity index (χ1n) is 11.1. The lowest BCUT2D eigenvalue weighted by molar-refractivity contribution is 0.203. The zero-order chi connectivity index (χ0) is 24.5. The first-order valence-corrected chi connectivity index (χ1v) is 11.1. The first-order chi connectivity index (χ1) is 16.9. The van der Waals surface area contributed by atoms with E-state index < -0.39 is 6.04 Å². The molecule has 1 atom stereocenters. The SMILES string of the molecule is CC1=C(c2nc(-c3ccc(F)cc3)no2)C(c2ccc(C)cc2)NC(=O)N1Cc1ccc(F)cc1. The number of hydrogen-bond donors (Lipinski definition) is 1. The Morgan fingerprint density at radius 3 is 2.20 bits per heavy atom. The standard InChI is InChI=1S/C27H22F2N4O2/c1-16-3-7-19(8-4-16)24-23(26-31-25(32-35-26)20-9-13-22(29)14-10-20)17(2)33(27(34)30-24)15-18-5-11-21(28)12-6-18/h3-14,24H,15H2,1-2H3,(H,30,34). The van der Waals surface area contributed by atoms with Crippen molar-refractivity contribution in [3.8, 4) is 11.4 Å². The van der Waals surface area contributed by atoms with Crippen molar-refractivity contribution in [2.75, 3.05) is 0 Å². The maximum Gasteiger partial charge on any atom is 0.322 e. The van der Waals surface area contributed by atoms with Crippen molar-refractivity contribution in [3.63, 3.8) is 0 Å². The van der Waals surface area contributed by atoms with E-state index in [1.54, 1.807) is 29.2 Å². The van der Waals surface area contributed by atoms with Gasteiger partial charge in [0.05, 0.1) is 18.2 Å². The highest BCUT2D eigenvalue weighted by atomic mass is 19.1. The fourth-order valence-corrected chi connectivity index (χ4v) is 4.08. The van der Waals surface area contributed by atoms with Crippen LogP contribution in [0.25, 0.3) is 17.0 Å². The average Bonchev–Trinajstić information content (AvgIpc) is 3.33. The third-order valence-corrected chi connectivity index (χ3v) is 6.02. The summed E-state index contributed by atoms with van der Waals surface area (Å²) < 4.78 is 32.4. The Hall–Kier alpha value is -4.33. The summed E-state index contributed by atoms with van der Waals surface area (Å²) in [5.41, 5.74) is 4.62. The molecule has 5 rings (SSSR count). The predicted molar refractivity (Wildman–Crippen MR) is 127 cm³/mol. The highest BCUT2D eigenvalue weighted by molar-refractivity contribution is 5.86. The second-order valence-electron chi connectivity index (χ2n) is 8.43. The minimum Gasteiger partial charge on any atom is -0.334 e. The molecule has 176 valence electrons. The molecule has 0 aliphatic carbocycles. The number of urea groups is 1. The lowest BCUT2D eigenvalue weighted by Crippen LogP contribution is -2.45. The van der Waals surface area contributed by atoms with Crippen molar-refractivity contribution in [3.05, 3.63) is 113 Å². The molecule has 1 aliphatic rings. The lowest BCUT2D eigenvalue weighted by atomic mass is 9.94. The highest BCUT2D eigenvalue weighted by Gasteiger charge is 2.35. The van der Waals surface area contributed by atoms with E-state index in [4.69, 9.17) is 4.52 Å². The second-order valence-corrected chi connectivity index (χ2v) is 8.43. The minimum atomic E-state index is -0.519. The zero-order valence-electron chi connectivity index (χ0n) is 19.1. The number of hydrogen-bond acceptors (Lipinski definition) is 4. The molecule has 3 aromatic carbocycles. The molecule has 4 aromatic rings. The maximum atomic E-state index is 13.4. The normalized spacial score (nSPS) is 15.9. The molecule has 8 heteroatoms. The van der Waals surface area contributed by atoms with Crippen LogP contribution in [0.1, 0.15) is 35.5 Å². The van der Waals surface area contributed by atoms with Crippen molar-refractivity contribution in [1.82, 2.24) is 20.4 Å². The largest absolute Gasteiger partial charge is 0.334 e. The quantitative estimate of drug-likeness (QED) is 0.386. The van der Waals surface area contributed by atoms with Crippen molar-refractivity contribution < 1.29 is 18.1 Å². The van der Waals surface area contributed by atoms with E-state index in [0.717, 1.165) is 16.7 Å². The summed E-state index contributed by atoms with van der Waals surface area (Å²) in [6.45, 7) is 4.05. The summed E-state index contributed by atoms with van der Waals surface area (Å²) in [7, 11) is 0. The number of allylic oxidation sites excluding steroid dienone is 1. The van der Waals surface area contributed by atoms with Crippen LogP contribution in [-0.4, -0.2) is 21.1 Å². The van der Waals surface area contributed by atoms with E-state index in [1.165, 1.54) is 24.3 Å². The number of carbonyl (C=O) groups excluding carboxylic acids is 1. The molecule has 2 heterocycles. The van der Waals surface area contributed by atoms with Crippen LogP contribution in [0.15, 0.2) is 83.0 Å². The van der Waals surface area contributed by atoms with Gasteiger partial charge < -0.3 is 9.84 Å². The maximum absolute atomic E-state index is 13.4. The molecule has 6 nitrogen and oxygen atoms in total. The number of rotatable bonds is 5. The van der Waals surface area contributed by atoms with Crippen LogP contribution in [0.2, 0.25) is 0 Å². The highest BCUT2D eigenvalue weighted by Crippen LogP contribution is 2.38. The van der Waals surface area contributed by atoms with Crippen molar-refractivity contribution in [2.24, 2.45) is 0 Å². The summed E-state index contributed by atoms with van der Waals surface area (Å²) in [4.78, 5) is 19.3.